The van der Waals surface area contributed by atoms with E-state index in [1.807, 2.05) is 0 Å². The summed E-state index contributed by atoms with van der Waals surface area (Å²) in [4.78, 5) is 36.4. The fourth-order valence-electron chi connectivity index (χ4n) is 1.92. The molecular formula is C13H10N6O4S. The maximum atomic E-state index is 12.2. The second-order valence-electron chi connectivity index (χ2n) is 4.78. The van der Waals surface area contributed by atoms with Crippen LogP contribution < -0.4 is 5.56 Å². The molecule has 0 spiro atoms. The number of nitro groups is 1. The van der Waals surface area contributed by atoms with Crippen LogP contribution in [0.1, 0.15) is 16.1 Å². The Morgan fingerprint density at radius 1 is 1.42 bits per heavy atom. The van der Waals surface area contributed by atoms with Crippen LogP contribution in [0.25, 0.3) is 5.78 Å². The van der Waals surface area contributed by atoms with Gasteiger partial charge in [0.1, 0.15) is 5.69 Å². The van der Waals surface area contributed by atoms with Gasteiger partial charge in [0, 0.05) is 17.7 Å². The van der Waals surface area contributed by atoms with E-state index in [2.05, 4.69) is 20.3 Å². The summed E-state index contributed by atoms with van der Waals surface area (Å²) in [5.74, 6) is -0.112. The fourth-order valence-corrected chi connectivity index (χ4v) is 2.69. The molecule has 0 bridgehead atoms. The summed E-state index contributed by atoms with van der Waals surface area (Å²) in [6, 6.07) is 5.51. The number of carbonyl (C=O) groups excluding carboxylic acids is 1. The molecule has 0 aliphatic carbocycles. The Hall–Kier alpha value is -3.08. The van der Waals surface area contributed by atoms with Gasteiger partial charge in [-0.1, -0.05) is 23.9 Å². The van der Waals surface area contributed by atoms with Crippen LogP contribution in [0.15, 0.2) is 34.2 Å². The number of nitro benzene ring substituents is 1. The number of Topliss-reactive ketones (excluding diaryl/α,β-unsaturated/α-hetero) is 1. The van der Waals surface area contributed by atoms with Crippen LogP contribution in [0.3, 0.4) is 0 Å². The number of hydrogen-bond acceptors (Lipinski definition) is 8. The summed E-state index contributed by atoms with van der Waals surface area (Å²) in [7, 11) is 0. The van der Waals surface area contributed by atoms with Gasteiger partial charge in [-0.15, -0.1) is 10.2 Å². The highest BCUT2D eigenvalue weighted by Gasteiger charge is 2.15. The third-order valence-corrected chi connectivity index (χ3v) is 4.05. The summed E-state index contributed by atoms with van der Waals surface area (Å²) >= 11 is 1.07. The zero-order valence-electron chi connectivity index (χ0n) is 12.3. The van der Waals surface area contributed by atoms with E-state index < -0.39 is 4.92 Å². The first kappa shape index (κ1) is 15.8. The standard InChI is InChI=1S/C13H10N6O4S/c1-7-11(21)14-12-15-16-13(18(12)17-7)24-6-10(20)8-3-2-4-9(5-8)19(22)23/h2-5H,6H2,1H3,(H,14,15,21). The first-order chi connectivity index (χ1) is 11.5. The molecule has 0 amide bonds. The summed E-state index contributed by atoms with van der Waals surface area (Å²) < 4.78 is 1.34. The van der Waals surface area contributed by atoms with E-state index in [4.69, 9.17) is 0 Å². The van der Waals surface area contributed by atoms with Crippen molar-refractivity contribution in [1.82, 2.24) is 24.8 Å². The lowest BCUT2D eigenvalue weighted by Gasteiger charge is -2.01. The van der Waals surface area contributed by atoms with Crippen molar-refractivity contribution in [2.45, 2.75) is 12.1 Å². The highest BCUT2D eigenvalue weighted by molar-refractivity contribution is 7.99. The van der Waals surface area contributed by atoms with Gasteiger partial charge < -0.3 is 0 Å². The number of aryl methyl sites for hydroxylation is 1. The van der Waals surface area contributed by atoms with Gasteiger partial charge in [0.2, 0.25) is 5.16 Å². The Labute approximate surface area is 138 Å². The highest BCUT2D eigenvalue weighted by atomic mass is 32.2. The number of aromatic nitrogens is 5. The quantitative estimate of drug-likeness (QED) is 0.313. The maximum absolute atomic E-state index is 12.2. The number of carbonyl (C=O) groups is 1. The van der Waals surface area contributed by atoms with Gasteiger partial charge in [0.15, 0.2) is 5.78 Å². The van der Waals surface area contributed by atoms with Crippen LogP contribution in [0.2, 0.25) is 0 Å². The third-order valence-electron chi connectivity index (χ3n) is 3.13. The van der Waals surface area contributed by atoms with Crippen LogP contribution in [-0.2, 0) is 0 Å². The largest absolute Gasteiger partial charge is 0.293 e. The van der Waals surface area contributed by atoms with Crippen LogP contribution in [0, 0.1) is 17.0 Å². The number of fused-ring (bicyclic) bond motifs is 1. The van der Waals surface area contributed by atoms with Crippen LogP contribution >= 0.6 is 11.8 Å². The molecule has 0 fully saturated rings. The fraction of sp³-hybridized carbons (Fsp3) is 0.154. The van der Waals surface area contributed by atoms with Gasteiger partial charge in [-0.25, -0.2) is 0 Å². The number of rotatable bonds is 5. The molecular weight excluding hydrogens is 336 g/mol. The van der Waals surface area contributed by atoms with Gasteiger partial charge in [-0.2, -0.15) is 9.61 Å². The minimum atomic E-state index is -0.557. The second-order valence-corrected chi connectivity index (χ2v) is 5.72. The smallest absolute Gasteiger partial charge is 0.273 e. The van der Waals surface area contributed by atoms with Crippen LogP contribution in [0.4, 0.5) is 5.69 Å². The minimum Gasteiger partial charge on any atom is -0.293 e. The topological polar surface area (TPSA) is 136 Å². The predicted molar refractivity (Wildman–Crippen MR) is 84.3 cm³/mol. The van der Waals surface area contributed by atoms with Crippen LogP contribution in [-0.4, -0.2) is 41.3 Å². The van der Waals surface area contributed by atoms with E-state index in [0.717, 1.165) is 11.8 Å². The molecule has 0 aliphatic rings. The van der Waals surface area contributed by atoms with E-state index in [1.54, 1.807) is 6.92 Å². The zero-order chi connectivity index (χ0) is 17.3. The Morgan fingerprint density at radius 3 is 2.96 bits per heavy atom. The number of hydrogen-bond donors (Lipinski definition) is 1. The van der Waals surface area contributed by atoms with Crippen molar-refractivity contribution >= 4 is 29.0 Å². The molecule has 11 heteroatoms. The molecule has 1 aromatic carbocycles. The number of thioether (sulfide) groups is 1. The average molecular weight is 346 g/mol. The number of aromatic amines is 1. The van der Waals surface area contributed by atoms with Crippen molar-refractivity contribution in [2.75, 3.05) is 5.75 Å². The molecule has 0 radical (unpaired) electrons. The second kappa shape index (κ2) is 6.20. The normalized spacial score (nSPS) is 10.9. The summed E-state index contributed by atoms with van der Waals surface area (Å²) in [6.45, 7) is 1.54. The number of non-ortho nitro benzene ring substituents is 1. The van der Waals surface area contributed by atoms with Gasteiger partial charge in [-0.05, 0) is 6.92 Å². The number of nitrogens with one attached hydrogen (secondary N) is 1. The Bertz CT molecular complexity index is 1010. The van der Waals surface area contributed by atoms with Gasteiger partial charge in [-0.3, -0.25) is 24.7 Å². The van der Waals surface area contributed by atoms with Crippen LogP contribution in [0.5, 0.6) is 0 Å². The summed E-state index contributed by atoms with van der Waals surface area (Å²) in [5.41, 5.74) is -0.0232. The first-order valence-electron chi connectivity index (χ1n) is 6.68. The van der Waals surface area contributed by atoms with E-state index in [-0.39, 0.29) is 39.8 Å². The SMILES string of the molecule is Cc1nn2c(SCC(=O)c3cccc([N+](=O)[O-])c3)nnc2[nH]c1=O. The molecule has 0 aliphatic heterocycles. The molecule has 2 heterocycles. The van der Waals surface area contributed by atoms with E-state index >= 15 is 0 Å². The Balaban J connectivity index is 1.80. The minimum absolute atomic E-state index is 0.00180. The Morgan fingerprint density at radius 2 is 2.21 bits per heavy atom. The monoisotopic (exact) mass is 346 g/mol. The first-order valence-corrected chi connectivity index (χ1v) is 7.67. The lowest BCUT2D eigenvalue weighted by Crippen LogP contribution is -2.15. The summed E-state index contributed by atoms with van der Waals surface area (Å²) in [5, 5.41) is 22.8. The van der Waals surface area contributed by atoms with Gasteiger partial charge in [0.05, 0.1) is 10.7 Å². The van der Waals surface area contributed by atoms with Crippen molar-refractivity contribution in [2.24, 2.45) is 0 Å². The lowest BCUT2D eigenvalue weighted by molar-refractivity contribution is -0.384. The van der Waals surface area contributed by atoms with Crippen molar-refractivity contribution in [3.8, 4) is 0 Å². The molecule has 122 valence electrons. The maximum Gasteiger partial charge on any atom is 0.273 e. The number of benzene rings is 1. The van der Waals surface area contributed by atoms with Crippen molar-refractivity contribution < 1.29 is 9.72 Å². The molecule has 0 atom stereocenters. The molecule has 0 saturated carbocycles. The number of H-pyrrole nitrogens is 1. The third kappa shape index (κ3) is 3.01. The molecule has 1 N–H and O–H groups in total. The molecule has 24 heavy (non-hydrogen) atoms. The van der Waals surface area contributed by atoms with Crippen molar-refractivity contribution in [3.05, 3.63) is 56.0 Å². The van der Waals surface area contributed by atoms with Crippen molar-refractivity contribution in [3.63, 3.8) is 0 Å². The van der Waals surface area contributed by atoms with Crippen molar-refractivity contribution in [1.29, 1.82) is 0 Å². The van der Waals surface area contributed by atoms with E-state index in [0.29, 0.717) is 5.16 Å². The summed E-state index contributed by atoms with van der Waals surface area (Å²) in [6.07, 6.45) is 0. The number of nitrogens with zero attached hydrogens (tertiary/aromatic N) is 5. The molecule has 10 nitrogen and oxygen atoms in total. The highest BCUT2D eigenvalue weighted by Crippen LogP contribution is 2.19. The predicted octanol–water partition coefficient (Wildman–Crippen LogP) is 1.00. The lowest BCUT2D eigenvalue weighted by atomic mass is 10.1. The Kier molecular flexibility index (Phi) is 4.08. The van der Waals surface area contributed by atoms with E-state index in [1.165, 1.54) is 28.8 Å². The average Bonchev–Trinajstić information content (AvgIpc) is 2.95. The molecule has 0 unspecified atom stereocenters. The van der Waals surface area contributed by atoms with E-state index in [9.17, 15) is 19.7 Å². The molecule has 0 saturated heterocycles. The zero-order valence-corrected chi connectivity index (χ0v) is 13.1. The molecule has 3 rings (SSSR count). The number of ketones is 1. The van der Waals surface area contributed by atoms with Gasteiger partial charge in [0.25, 0.3) is 17.0 Å². The molecule has 2 aromatic heterocycles. The molecule has 3 aromatic rings. The van der Waals surface area contributed by atoms with Gasteiger partial charge >= 0.3 is 0 Å².